The number of halogens is 3. The first-order valence-electron chi connectivity index (χ1n) is 6.36. The van der Waals surface area contributed by atoms with Gasteiger partial charge in [0.2, 0.25) is 0 Å². The molecule has 2 aromatic carbocycles. The van der Waals surface area contributed by atoms with Gasteiger partial charge < -0.3 is 5.32 Å². The molecular weight excluding hydrogens is 327 g/mol. The van der Waals surface area contributed by atoms with Gasteiger partial charge in [-0.25, -0.2) is 0 Å². The molecular formula is C16H11Cl3N2. The van der Waals surface area contributed by atoms with Crippen LogP contribution in [0.25, 0.3) is 10.9 Å². The SMILES string of the molecule is Clc1cc(Cl)c(NCc2ccnc3ccccc23)c(Cl)c1. The van der Waals surface area contributed by atoms with Gasteiger partial charge >= 0.3 is 0 Å². The van der Waals surface area contributed by atoms with E-state index in [1.165, 1.54) is 0 Å². The molecule has 0 fully saturated rings. The number of aromatic nitrogens is 1. The number of anilines is 1. The molecule has 0 saturated carbocycles. The molecule has 0 amide bonds. The first-order valence-corrected chi connectivity index (χ1v) is 7.49. The Labute approximate surface area is 137 Å². The van der Waals surface area contributed by atoms with E-state index in [2.05, 4.69) is 10.3 Å². The minimum atomic E-state index is 0.505. The fourth-order valence-corrected chi connectivity index (χ4v) is 3.15. The topological polar surface area (TPSA) is 24.9 Å². The average Bonchev–Trinajstić information content (AvgIpc) is 2.46. The summed E-state index contributed by atoms with van der Waals surface area (Å²) in [5.41, 5.74) is 2.77. The van der Waals surface area contributed by atoms with Crippen molar-refractivity contribution in [3.05, 3.63) is 69.3 Å². The highest BCUT2D eigenvalue weighted by molar-refractivity contribution is 6.41. The van der Waals surface area contributed by atoms with Crippen LogP contribution >= 0.6 is 34.8 Å². The third-order valence-electron chi connectivity index (χ3n) is 3.20. The summed E-state index contributed by atoms with van der Waals surface area (Å²) in [7, 11) is 0. The van der Waals surface area contributed by atoms with Crippen LogP contribution in [0.4, 0.5) is 5.69 Å². The van der Waals surface area contributed by atoms with Gasteiger partial charge in [0, 0.05) is 23.2 Å². The number of benzene rings is 2. The Bertz CT molecular complexity index is 774. The minimum Gasteiger partial charge on any atom is -0.379 e. The lowest BCUT2D eigenvalue weighted by Crippen LogP contribution is -2.02. The number of nitrogens with zero attached hydrogens (tertiary/aromatic N) is 1. The van der Waals surface area contributed by atoms with Crippen molar-refractivity contribution in [2.24, 2.45) is 0 Å². The lowest BCUT2D eigenvalue weighted by atomic mass is 10.1. The summed E-state index contributed by atoms with van der Waals surface area (Å²) < 4.78 is 0. The molecule has 2 nitrogen and oxygen atoms in total. The van der Waals surface area contributed by atoms with Crippen molar-refractivity contribution in [1.29, 1.82) is 0 Å². The molecule has 0 aliphatic rings. The van der Waals surface area contributed by atoms with Crippen LogP contribution in [-0.2, 0) is 6.54 Å². The Morgan fingerprint density at radius 1 is 0.952 bits per heavy atom. The van der Waals surface area contributed by atoms with Crippen LogP contribution in [0.1, 0.15) is 5.56 Å². The smallest absolute Gasteiger partial charge is 0.0722 e. The molecule has 0 aliphatic carbocycles. The lowest BCUT2D eigenvalue weighted by Gasteiger charge is -2.12. The molecule has 0 spiro atoms. The fourth-order valence-electron chi connectivity index (χ4n) is 2.20. The third kappa shape index (κ3) is 3.08. The van der Waals surface area contributed by atoms with Crippen molar-refractivity contribution in [3.8, 4) is 0 Å². The summed E-state index contributed by atoms with van der Waals surface area (Å²) in [6.07, 6.45) is 1.80. The van der Waals surface area contributed by atoms with E-state index < -0.39 is 0 Å². The molecule has 1 N–H and O–H groups in total. The first-order chi connectivity index (χ1) is 10.1. The summed E-state index contributed by atoms with van der Waals surface area (Å²) in [6, 6.07) is 13.3. The van der Waals surface area contributed by atoms with Crippen LogP contribution in [-0.4, -0.2) is 4.98 Å². The van der Waals surface area contributed by atoms with Crippen molar-refractivity contribution < 1.29 is 0 Å². The maximum atomic E-state index is 6.18. The van der Waals surface area contributed by atoms with Crippen LogP contribution in [0.2, 0.25) is 15.1 Å². The third-order valence-corrected chi connectivity index (χ3v) is 4.02. The van der Waals surface area contributed by atoms with Crippen LogP contribution < -0.4 is 5.32 Å². The zero-order valence-corrected chi connectivity index (χ0v) is 13.2. The van der Waals surface area contributed by atoms with Crippen molar-refractivity contribution in [2.75, 3.05) is 5.32 Å². The molecule has 0 radical (unpaired) electrons. The van der Waals surface area contributed by atoms with Crippen molar-refractivity contribution in [2.45, 2.75) is 6.54 Å². The molecule has 0 aliphatic heterocycles. The number of hydrogen-bond acceptors (Lipinski definition) is 2. The monoisotopic (exact) mass is 336 g/mol. The summed E-state index contributed by atoms with van der Waals surface area (Å²) in [4.78, 5) is 4.35. The number of fused-ring (bicyclic) bond motifs is 1. The van der Waals surface area contributed by atoms with Crippen molar-refractivity contribution in [1.82, 2.24) is 4.98 Å². The number of hydrogen-bond donors (Lipinski definition) is 1. The standard InChI is InChI=1S/C16H11Cl3N2/c17-11-7-13(18)16(14(19)8-11)21-9-10-5-6-20-15-4-2-1-3-12(10)15/h1-8,21H,9H2. The molecule has 0 atom stereocenters. The molecule has 5 heteroatoms. The Hall–Kier alpha value is -1.48. The molecule has 106 valence electrons. The molecule has 21 heavy (non-hydrogen) atoms. The van der Waals surface area contributed by atoms with E-state index in [1.807, 2.05) is 30.3 Å². The zero-order valence-electron chi connectivity index (χ0n) is 10.9. The molecule has 3 rings (SSSR count). The van der Waals surface area contributed by atoms with E-state index >= 15 is 0 Å². The molecule has 0 bridgehead atoms. The van der Waals surface area contributed by atoms with E-state index in [9.17, 15) is 0 Å². The number of nitrogens with one attached hydrogen (secondary N) is 1. The average molecular weight is 338 g/mol. The van der Waals surface area contributed by atoms with Gasteiger partial charge in [0.25, 0.3) is 0 Å². The van der Waals surface area contributed by atoms with Gasteiger partial charge in [-0.15, -0.1) is 0 Å². The molecule has 3 aromatic rings. The van der Waals surface area contributed by atoms with Crippen LogP contribution in [0, 0.1) is 0 Å². The van der Waals surface area contributed by atoms with Crippen LogP contribution in [0.15, 0.2) is 48.7 Å². The van der Waals surface area contributed by atoms with Gasteiger partial charge in [-0.1, -0.05) is 53.0 Å². The minimum absolute atomic E-state index is 0.505. The lowest BCUT2D eigenvalue weighted by molar-refractivity contribution is 1.16. The molecule has 1 aromatic heterocycles. The van der Waals surface area contributed by atoms with Crippen molar-refractivity contribution in [3.63, 3.8) is 0 Å². The first kappa shape index (κ1) is 14.5. The maximum Gasteiger partial charge on any atom is 0.0722 e. The van der Waals surface area contributed by atoms with Crippen LogP contribution in [0.5, 0.6) is 0 Å². The number of rotatable bonds is 3. The van der Waals surface area contributed by atoms with Gasteiger partial charge in [0.05, 0.1) is 21.2 Å². The largest absolute Gasteiger partial charge is 0.379 e. The maximum absolute atomic E-state index is 6.18. The second kappa shape index (κ2) is 6.10. The zero-order chi connectivity index (χ0) is 14.8. The summed E-state index contributed by atoms with van der Waals surface area (Å²) >= 11 is 18.3. The summed E-state index contributed by atoms with van der Waals surface area (Å²) in [6.45, 7) is 0.601. The number of pyridine rings is 1. The molecule has 0 saturated heterocycles. The normalized spacial score (nSPS) is 10.8. The highest BCUT2D eigenvalue weighted by Gasteiger charge is 2.08. The highest BCUT2D eigenvalue weighted by Crippen LogP contribution is 2.34. The van der Waals surface area contributed by atoms with Gasteiger partial charge in [-0.05, 0) is 29.8 Å². The van der Waals surface area contributed by atoms with E-state index in [0.717, 1.165) is 16.5 Å². The quantitative estimate of drug-likeness (QED) is 0.652. The Morgan fingerprint density at radius 3 is 2.43 bits per heavy atom. The van der Waals surface area contributed by atoms with Crippen molar-refractivity contribution >= 4 is 51.4 Å². The summed E-state index contributed by atoms with van der Waals surface area (Å²) in [5, 5.41) is 5.90. The van der Waals surface area contributed by atoms with Crippen LogP contribution in [0.3, 0.4) is 0 Å². The van der Waals surface area contributed by atoms with Gasteiger partial charge in [-0.2, -0.15) is 0 Å². The second-order valence-electron chi connectivity index (χ2n) is 4.59. The summed E-state index contributed by atoms with van der Waals surface area (Å²) in [5.74, 6) is 0. The highest BCUT2D eigenvalue weighted by atomic mass is 35.5. The Kier molecular flexibility index (Phi) is 4.20. The predicted molar refractivity (Wildman–Crippen MR) is 90.5 cm³/mol. The van der Waals surface area contributed by atoms with E-state index in [4.69, 9.17) is 34.8 Å². The van der Waals surface area contributed by atoms with E-state index in [1.54, 1.807) is 18.3 Å². The molecule has 0 unspecified atom stereocenters. The van der Waals surface area contributed by atoms with E-state index in [-0.39, 0.29) is 0 Å². The Morgan fingerprint density at radius 2 is 1.67 bits per heavy atom. The number of para-hydroxylation sites is 1. The van der Waals surface area contributed by atoms with Gasteiger partial charge in [0.15, 0.2) is 0 Å². The molecule has 1 heterocycles. The second-order valence-corrected chi connectivity index (χ2v) is 5.84. The predicted octanol–water partition coefficient (Wildman–Crippen LogP) is 5.81. The Balaban J connectivity index is 1.91. The van der Waals surface area contributed by atoms with E-state index in [0.29, 0.717) is 27.3 Å². The van der Waals surface area contributed by atoms with Gasteiger partial charge in [0.1, 0.15) is 0 Å². The fraction of sp³-hybridized carbons (Fsp3) is 0.0625. The van der Waals surface area contributed by atoms with Gasteiger partial charge in [-0.3, -0.25) is 4.98 Å².